The average molecular weight is 196 g/mol. The van der Waals surface area contributed by atoms with Crippen molar-refractivity contribution >= 4 is 5.78 Å². The zero-order chi connectivity index (χ0) is 10.6. The maximum Gasteiger partial charge on any atom is 0.135 e. The molecule has 0 bridgehead atoms. The van der Waals surface area contributed by atoms with Gasteiger partial charge >= 0.3 is 0 Å². The number of carbonyl (C=O) groups excluding carboxylic acids is 1. The molecule has 0 unspecified atom stereocenters. The summed E-state index contributed by atoms with van der Waals surface area (Å²) in [5, 5.41) is 9.57. The highest BCUT2D eigenvalue weighted by atomic mass is 19.1. The minimum Gasteiger partial charge on any atom is -0.388 e. The number of benzene rings is 1. The largest absolute Gasteiger partial charge is 0.388 e. The summed E-state index contributed by atoms with van der Waals surface area (Å²) in [6.45, 7) is 1.75. The first-order valence-corrected chi connectivity index (χ1v) is 4.58. The Balaban J connectivity index is 2.65. The number of carbonyl (C=O) groups is 1. The maximum atomic E-state index is 12.5. The molecule has 0 aliphatic carbocycles. The molecule has 0 heterocycles. The van der Waals surface area contributed by atoms with E-state index in [1.807, 2.05) is 0 Å². The molecule has 0 radical (unpaired) electrons. The molecule has 0 amide bonds. The van der Waals surface area contributed by atoms with Crippen molar-refractivity contribution in [2.45, 2.75) is 25.9 Å². The first-order chi connectivity index (χ1) is 6.63. The van der Waals surface area contributed by atoms with Crippen LogP contribution in [-0.4, -0.2) is 10.9 Å². The summed E-state index contributed by atoms with van der Waals surface area (Å²) in [6, 6.07) is 5.52. The number of aliphatic hydroxyl groups is 1. The predicted octanol–water partition coefficient (Wildman–Crippen LogP) is 2.23. The molecular formula is C11H13FO2. The van der Waals surface area contributed by atoms with Gasteiger partial charge in [0.05, 0.1) is 6.10 Å². The monoisotopic (exact) mass is 196 g/mol. The Labute approximate surface area is 82.4 Å². The number of hydrogen-bond donors (Lipinski definition) is 1. The number of Topliss-reactive ketones (excluding diaryl/α,β-unsaturated/α-hetero) is 1. The molecule has 1 N–H and O–H groups in total. The number of halogens is 1. The Kier molecular flexibility index (Phi) is 3.77. The molecule has 0 aliphatic heterocycles. The third-order valence-electron chi connectivity index (χ3n) is 2.07. The third kappa shape index (κ3) is 2.92. The minimum absolute atomic E-state index is 0.00169. The lowest BCUT2D eigenvalue weighted by atomic mass is 10.0. The van der Waals surface area contributed by atoms with Gasteiger partial charge in [-0.25, -0.2) is 4.39 Å². The topological polar surface area (TPSA) is 37.3 Å². The van der Waals surface area contributed by atoms with E-state index in [1.54, 1.807) is 6.92 Å². The van der Waals surface area contributed by atoms with Crippen LogP contribution in [0.4, 0.5) is 4.39 Å². The van der Waals surface area contributed by atoms with Crippen molar-refractivity contribution < 1.29 is 14.3 Å². The smallest absolute Gasteiger partial charge is 0.135 e. The highest BCUT2D eigenvalue weighted by molar-refractivity contribution is 5.78. The van der Waals surface area contributed by atoms with Crippen LogP contribution in [0.25, 0.3) is 0 Å². The molecule has 0 fully saturated rings. The van der Waals surface area contributed by atoms with E-state index in [1.165, 1.54) is 24.3 Å². The van der Waals surface area contributed by atoms with E-state index < -0.39 is 6.10 Å². The quantitative estimate of drug-likeness (QED) is 0.801. The zero-order valence-electron chi connectivity index (χ0n) is 8.03. The highest BCUT2D eigenvalue weighted by Crippen LogP contribution is 2.17. The van der Waals surface area contributed by atoms with Crippen molar-refractivity contribution in [3.8, 4) is 0 Å². The molecule has 0 saturated carbocycles. The fraction of sp³-hybridized carbons (Fsp3) is 0.364. The van der Waals surface area contributed by atoms with Crippen molar-refractivity contribution in [2.75, 3.05) is 0 Å². The van der Waals surface area contributed by atoms with Crippen molar-refractivity contribution in [3.05, 3.63) is 35.6 Å². The number of ketones is 1. The normalized spacial score (nSPS) is 12.5. The van der Waals surface area contributed by atoms with Crippen LogP contribution in [0.5, 0.6) is 0 Å². The lowest BCUT2D eigenvalue weighted by molar-refractivity contribution is -0.120. The van der Waals surface area contributed by atoms with Crippen molar-refractivity contribution in [2.24, 2.45) is 0 Å². The molecule has 2 nitrogen and oxygen atoms in total. The van der Waals surface area contributed by atoms with Crippen molar-refractivity contribution in [1.29, 1.82) is 0 Å². The Morgan fingerprint density at radius 1 is 1.43 bits per heavy atom. The fourth-order valence-electron chi connectivity index (χ4n) is 1.16. The van der Waals surface area contributed by atoms with Crippen LogP contribution < -0.4 is 0 Å². The summed E-state index contributed by atoms with van der Waals surface area (Å²) < 4.78 is 12.5. The maximum absolute atomic E-state index is 12.5. The molecule has 1 atom stereocenters. The van der Waals surface area contributed by atoms with Gasteiger partial charge in [-0.05, 0) is 17.7 Å². The van der Waals surface area contributed by atoms with E-state index in [-0.39, 0.29) is 18.0 Å². The van der Waals surface area contributed by atoms with E-state index in [0.29, 0.717) is 12.0 Å². The Morgan fingerprint density at radius 2 is 2.00 bits per heavy atom. The van der Waals surface area contributed by atoms with E-state index >= 15 is 0 Å². The van der Waals surface area contributed by atoms with E-state index in [2.05, 4.69) is 0 Å². The first kappa shape index (κ1) is 10.9. The molecule has 76 valence electrons. The van der Waals surface area contributed by atoms with Crippen LogP contribution in [-0.2, 0) is 4.79 Å². The van der Waals surface area contributed by atoms with E-state index in [0.717, 1.165) is 0 Å². The molecule has 14 heavy (non-hydrogen) atoms. The molecule has 0 spiro atoms. The van der Waals surface area contributed by atoms with Gasteiger partial charge in [0, 0.05) is 12.8 Å². The standard InChI is InChI=1S/C11H13FO2/c1-2-10(13)7-11(14)8-3-5-9(12)6-4-8/h3-6,11,14H,2,7H2,1H3/t11-/m0/s1. The van der Waals surface area contributed by atoms with Crippen molar-refractivity contribution in [1.82, 2.24) is 0 Å². The molecule has 3 heteroatoms. The van der Waals surface area contributed by atoms with Gasteiger partial charge in [0.15, 0.2) is 0 Å². The molecule has 1 aromatic rings. The fourth-order valence-corrected chi connectivity index (χ4v) is 1.16. The third-order valence-corrected chi connectivity index (χ3v) is 2.07. The summed E-state index contributed by atoms with van der Waals surface area (Å²) in [7, 11) is 0. The molecule has 1 aromatic carbocycles. The molecule has 1 rings (SSSR count). The lowest BCUT2D eigenvalue weighted by Gasteiger charge is -2.08. The van der Waals surface area contributed by atoms with Gasteiger partial charge in [-0.15, -0.1) is 0 Å². The zero-order valence-corrected chi connectivity index (χ0v) is 8.03. The lowest BCUT2D eigenvalue weighted by Crippen LogP contribution is -2.05. The summed E-state index contributed by atoms with van der Waals surface area (Å²) in [5.41, 5.74) is 0.577. The van der Waals surface area contributed by atoms with Gasteiger partial charge in [-0.2, -0.15) is 0 Å². The summed E-state index contributed by atoms with van der Waals surface area (Å²) in [4.78, 5) is 11.0. The summed E-state index contributed by atoms with van der Waals surface area (Å²) in [6.07, 6.45) is -0.302. The second-order valence-electron chi connectivity index (χ2n) is 3.16. The average Bonchev–Trinajstić information content (AvgIpc) is 2.18. The highest BCUT2D eigenvalue weighted by Gasteiger charge is 2.11. The van der Waals surface area contributed by atoms with Gasteiger partial charge < -0.3 is 5.11 Å². The Hall–Kier alpha value is -1.22. The van der Waals surface area contributed by atoms with Gasteiger partial charge in [0.1, 0.15) is 11.6 Å². The second-order valence-corrected chi connectivity index (χ2v) is 3.16. The van der Waals surface area contributed by atoms with Crippen LogP contribution in [0.15, 0.2) is 24.3 Å². The predicted molar refractivity (Wildman–Crippen MR) is 51.3 cm³/mol. The van der Waals surface area contributed by atoms with Crippen LogP contribution in [0, 0.1) is 5.82 Å². The summed E-state index contributed by atoms with van der Waals surface area (Å²) in [5.74, 6) is -0.343. The van der Waals surface area contributed by atoms with Crippen LogP contribution in [0.2, 0.25) is 0 Å². The molecule has 0 aromatic heterocycles. The second kappa shape index (κ2) is 4.86. The number of rotatable bonds is 4. The number of hydrogen-bond acceptors (Lipinski definition) is 2. The first-order valence-electron chi connectivity index (χ1n) is 4.58. The molecule has 0 aliphatic rings. The van der Waals surface area contributed by atoms with Gasteiger partial charge in [-0.3, -0.25) is 4.79 Å². The van der Waals surface area contributed by atoms with Gasteiger partial charge in [-0.1, -0.05) is 19.1 Å². The van der Waals surface area contributed by atoms with Crippen LogP contribution >= 0.6 is 0 Å². The Bertz CT molecular complexity index is 306. The number of aliphatic hydroxyl groups excluding tert-OH is 1. The van der Waals surface area contributed by atoms with Gasteiger partial charge in [0.2, 0.25) is 0 Å². The van der Waals surface area contributed by atoms with Gasteiger partial charge in [0.25, 0.3) is 0 Å². The van der Waals surface area contributed by atoms with Crippen LogP contribution in [0.1, 0.15) is 31.4 Å². The van der Waals surface area contributed by atoms with E-state index in [4.69, 9.17) is 0 Å². The summed E-state index contributed by atoms with van der Waals surface area (Å²) >= 11 is 0. The van der Waals surface area contributed by atoms with Crippen LogP contribution in [0.3, 0.4) is 0 Å². The Morgan fingerprint density at radius 3 is 2.50 bits per heavy atom. The molecular weight excluding hydrogens is 183 g/mol. The minimum atomic E-state index is -0.817. The molecule has 0 saturated heterocycles. The van der Waals surface area contributed by atoms with Crippen molar-refractivity contribution in [3.63, 3.8) is 0 Å². The SMILES string of the molecule is CCC(=O)C[C@H](O)c1ccc(F)cc1. The van der Waals surface area contributed by atoms with E-state index in [9.17, 15) is 14.3 Å².